The van der Waals surface area contributed by atoms with Crippen molar-refractivity contribution in [2.24, 2.45) is 0 Å². The third kappa shape index (κ3) is 4.03. The van der Waals surface area contributed by atoms with Crippen molar-refractivity contribution in [1.82, 2.24) is 14.9 Å². The summed E-state index contributed by atoms with van der Waals surface area (Å²) in [4.78, 5) is 17.4. The molecule has 0 aliphatic rings. The SMILES string of the molecule is O=C(NCc1nc2ccccc2n1Cc1ccc2ccccc2c1)c1cccc(Cl)c1. The lowest BCUT2D eigenvalue weighted by Gasteiger charge is -2.11. The summed E-state index contributed by atoms with van der Waals surface area (Å²) in [5.41, 5.74) is 3.67. The number of carbonyl (C=O) groups is 1. The molecule has 0 unspecified atom stereocenters. The highest BCUT2D eigenvalue weighted by atomic mass is 35.5. The Labute approximate surface area is 185 Å². The molecule has 4 aromatic carbocycles. The van der Waals surface area contributed by atoms with Gasteiger partial charge in [0.05, 0.1) is 17.6 Å². The van der Waals surface area contributed by atoms with Crippen LogP contribution >= 0.6 is 11.6 Å². The highest BCUT2D eigenvalue weighted by Gasteiger charge is 2.13. The van der Waals surface area contributed by atoms with Crippen molar-refractivity contribution in [3.05, 3.63) is 113 Å². The van der Waals surface area contributed by atoms with Gasteiger partial charge in [-0.15, -0.1) is 0 Å². The zero-order valence-corrected chi connectivity index (χ0v) is 17.5. The van der Waals surface area contributed by atoms with Gasteiger partial charge in [0, 0.05) is 17.1 Å². The van der Waals surface area contributed by atoms with Gasteiger partial charge in [0.1, 0.15) is 5.82 Å². The molecule has 0 aliphatic heterocycles. The number of carbonyl (C=O) groups excluding carboxylic acids is 1. The Morgan fingerprint density at radius 2 is 1.68 bits per heavy atom. The van der Waals surface area contributed by atoms with E-state index in [9.17, 15) is 4.79 Å². The molecular weight excluding hydrogens is 406 g/mol. The van der Waals surface area contributed by atoms with Gasteiger partial charge in [-0.1, -0.05) is 66.2 Å². The molecule has 0 radical (unpaired) electrons. The molecule has 1 N–H and O–H groups in total. The van der Waals surface area contributed by atoms with E-state index in [-0.39, 0.29) is 5.91 Å². The molecule has 0 atom stereocenters. The summed E-state index contributed by atoms with van der Waals surface area (Å²) in [6.45, 7) is 1.00. The minimum Gasteiger partial charge on any atom is -0.345 e. The van der Waals surface area contributed by atoms with Crippen molar-refractivity contribution in [1.29, 1.82) is 0 Å². The van der Waals surface area contributed by atoms with Crippen LogP contribution in [0.5, 0.6) is 0 Å². The van der Waals surface area contributed by atoms with Crippen LogP contribution < -0.4 is 5.32 Å². The molecule has 1 heterocycles. The molecule has 5 heteroatoms. The number of aromatic nitrogens is 2. The molecule has 5 aromatic rings. The summed E-state index contributed by atoms with van der Waals surface area (Å²) >= 11 is 6.02. The van der Waals surface area contributed by atoms with Crippen LogP contribution in [0.1, 0.15) is 21.7 Å². The third-order valence-electron chi connectivity index (χ3n) is 5.38. The quantitative estimate of drug-likeness (QED) is 0.385. The largest absolute Gasteiger partial charge is 0.345 e. The van der Waals surface area contributed by atoms with Crippen LogP contribution in [0.25, 0.3) is 21.8 Å². The van der Waals surface area contributed by atoms with Crippen molar-refractivity contribution >= 4 is 39.3 Å². The summed E-state index contributed by atoms with van der Waals surface area (Å²) in [5.74, 6) is 0.636. The van der Waals surface area contributed by atoms with E-state index >= 15 is 0 Å². The first kappa shape index (κ1) is 19.3. The number of hydrogen-bond donors (Lipinski definition) is 1. The monoisotopic (exact) mass is 425 g/mol. The second-order valence-corrected chi connectivity index (χ2v) is 7.91. The van der Waals surface area contributed by atoms with E-state index in [2.05, 4.69) is 52.3 Å². The van der Waals surface area contributed by atoms with E-state index in [1.54, 1.807) is 24.3 Å². The summed E-state index contributed by atoms with van der Waals surface area (Å²) in [6.07, 6.45) is 0. The Balaban J connectivity index is 1.45. The van der Waals surface area contributed by atoms with Gasteiger partial charge in [-0.25, -0.2) is 4.98 Å². The molecule has 0 spiro atoms. The van der Waals surface area contributed by atoms with Gasteiger partial charge in [0.25, 0.3) is 5.91 Å². The minimum atomic E-state index is -0.174. The molecule has 1 amide bonds. The topological polar surface area (TPSA) is 46.9 Å². The Kier molecular flexibility index (Phi) is 5.14. The third-order valence-corrected chi connectivity index (χ3v) is 5.62. The number of halogens is 1. The first-order chi connectivity index (χ1) is 15.2. The maximum atomic E-state index is 12.6. The number of para-hydroxylation sites is 2. The predicted molar refractivity (Wildman–Crippen MR) is 125 cm³/mol. The number of nitrogens with one attached hydrogen (secondary N) is 1. The van der Waals surface area contributed by atoms with E-state index in [4.69, 9.17) is 16.6 Å². The maximum absolute atomic E-state index is 12.6. The van der Waals surface area contributed by atoms with Crippen LogP contribution in [-0.4, -0.2) is 15.5 Å². The standard InChI is InChI=1S/C26H20ClN3O/c27-22-9-5-8-21(15-22)26(31)28-16-25-29-23-10-3-4-11-24(23)30(25)17-18-12-13-19-6-1-2-7-20(19)14-18/h1-15H,16-17H2,(H,28,31). The first-order valence-electron chi connectivity index (χ1n) is 10.1. The van der Waals surface area contributed by atoms with Gasteiger partial charge in [-0.2, -0.15) is 0 Å². The second-order valence-electron chi connectivity index (χ2n) is 7.48. The summed E-state index contributed by atoms with van der Waals surface area (Å²) < 4.78 is 2.16. The van der Waals surface area contributed by atoms with Crippen LogP contribution in [-0.2, 0) is 13.1 Å². The van der Waals surface area contributed by atoms with Gasteiger partial charge in [0.15, 0.2) is 0 Å². The fraction of sp³-hybridized carbons (Fsp3) is 0.0769. The fourth-order valence-electron chi connectivity index (χ4n) is 3.85. The van der Waals surface area contributed by atoms with E-state index in [1.807, 2.05) is 24.3 Å². The molecule has 5 rings (SSSR count). The molecule has 0 bridgehead atoms. The zero-order valence-electron chi connectivity index (χ0n) is 16.8. The Morgan fingerprint density at radius 3 is 2.55 bits per heavy atom. The van der Waals surface area contributed by atoms with Crippen LogP contribution in [0.2, 0.25) is 5.02 Å². The predicted octanol–water partition coefficient (Wildman–Crippen LogP) is 5.82. The molecule has 31 heavy (non-hydrogen) atoms. The lowest BCUT2D eigenvalue weighted by atomic mass is 10.1. The van der Waals surface area contributed by atoms with Crippen molar-refractivity contribution in [2.75, 3.05) is 0 Å². The fourth-order valence-corrected chi connectivity index (χ4v) is 4.04. The van der Waals surface area contributed by atoms with Crippen molar-refractivity contribution in [3.8, 4) is 0 Å². The minimum absolute atomic E-state index is 0.174. The molecule has 4 nitrogen and oxygen atoms in total. The van der Waals surface area contributed by atoms with Crippen LogP contribution in [0.15, 0.2) is 91.0 Å². The average molecular weight is 426 g/mol. The molecule has 152 valence electrons. The normalized spacial score (nSPS) is 11.1. The summed E-state index contributed by atoms with van der Waals surface area (Å²) in [6, 6.07) is 29.8. The van der Waals surface area contributed by atoms with Gasteiger partial charge in [0.2, 0.25) is 0 Å². The number of hydrogen-bond acceptors (Lipinski definition) is 2. The molecular formula is C26H20ClN3O. The lowest BCUT2D eigenvalue weighted by Crippen LogP contribution is -2.24. The van der Waals surface area contributed by atoms with Crippen molar-refractivity contribution in [3.63, 3.8) is 0 Å². The molecule has 0 saturated heterocycles. The van der Waals surface area contributed by atoms with E-state index in [0.29, 0.717) is 23.7 Å². The van der Waals surface area contributed by atoms with Gasteiger partial charge in [-0.05, 0) is 52.7 Å². The van der Waals surface area contributed by atoms with E-state index < -0.39 is 0 Å². The maximum Gasteiger partial charge on any atom is 0.251 e. The van der Waals surface area contributed by atoms with Gasteiger partial charge < -0.3 is 9.88 Å². The molecule has 1 aromatic heterocycles. The van der Waals surface area contributed by atoms with Gasteiger partial charge >= 0.3 is 0 Å². The number of benzene rings is 4. The summed E-state index contributed by atoms with van der Waals surface area (Å²) in [7, 11) is 0. The van der Waals surface area contributed by atoms with Crippen LogP contribution in [0, 0.1) is 0 Å². The molecule has 0 aliphatic carbocycles. The first-order valence-corrected chi connectivity index (χ1v) is 10.5. The Bertz CT molecular complexity index is 1410. The van der Waals surface area contributed by atoms with Crippen LogP contribution in [0.3, 0.4) is 0 Å². The summed E-state index contributed by atoms with van der Waals surface area (Å²) in [5, 5.41) is 5.94. The highest BCUT2D eigenvalue weighted by Crippen LogP contribution is 2.21. The smallest absolute Gasteiger partial charge is 0.251 e. The van der Waals surface area contributed by atoms with Crippen molar-refractivity contribution < 1.29 is 4.79 Å². The number of fused-ring (bicyclic) bond motifs is 2. The number of imidazole rings is 1. The van der Waals surface area contributed by atoms with Crippen LogP contribution in [0.4, 0.5) is 0 Å². The Hall–Kier alpha value is -3.63. The van der Waals surface area contributed by atoms with E-state index in [1.165, 1.54) is 16.3 Å². The second kappa shape index (κ2) is 8.25. The number of amides is 1. The van der Waals surface area contributed by atoms with E-state index in [0.717, 1.165) is 16.9 Å². The average Bonchev–Trinajstić information content (AvgIpc) is 3.14. The van der Waals surface area contributed by atoms with Crippen molar-refractivity contribution in [2.45, 2.75) is 13.1 Å². The van der Waals surface area contributed by atoms with Gasteiger partial charge in [-0.3, -0.25) is 4.79 Å². The molecule has 0 fully saturated rings. The Morgan fingerprint density at radius 1 is 0.871 bits per heavy atom. The number of rotatable bonds is 5. The zero-order chi connectivity index (χ0) is 21.2. The highest BCUT2D eigenvalue weighted by molar-refractivity contribution is 6.30. The number of nitrogens with zero attached hydrogens (tertiary/aromatic N) is 2. The molecule has 0 saturated carbocycles. The lowest BCUT2D eigenvalue weighted by molar-refractivity contribution is 0.0949.